The Kier molecular flexibility index (Phi) is 7.69. The first kappa shape index (κ1) is 24.1. The van der Waals surface area contributed by atoms with Gasteiger partial charge in [0.2, 0.25) is 11.8 Å². The molecule has 3 amide bonds. The molecule has 4 rings (SSSR count). The summed E-state index contributed by atoms with van der Waals surface area (Å²) in [6, 6.07) is -1.01. The molecular weight excluding hydrogens is 426 g/mol. The molecule has 0 aromatic rings. The van der Waals surface area contributed by atoms with Gasteiger partial charge in [-0.05, 0) is 32.6 Å². The smallest absolute Gasteiger partial charge is 0.329 e. The van der Waals surface area contributed by atoms with E-state index in [2.05, 4.69) is 10.2 Å². The largest absolute Gasteiger partial charge is 0.454 e. The van der Waals surface area contributed by atoms with Crippen LogP contribution in [0.2, 0.25) is 0 Å². The molecule has 9 heteroatoms. The van der Waals surface area contributed by atoms with E-state index in [1.807, 2.05) is 0 Å². The Morgan fingerprint density at radius 1 is 1.03 bits per heavy atom. The van der Waals surface area contributed by atoms with Crippen LogP contribution in [0.4, 0.5) is 0 Å². The van der Waals surface area contributed by atoms with Crippen molar-refractivity contribution in [3.05, 3.63) is 0 Å². The molecule has 2 saturated heterocycles. The highest BCUT2D eigenvalue weighted by molar-refractivity contribution is 6.07. The quantitative estimate of drug-likeness (QED) is 0.447. The lowest BCUT2D eigenvalue weighted by Gasteiger charge is -2.48. The molecular formula is C24H37N3O6. The van der Waals surface area contributed by atoms with Crippen LogP contribution < -0.4 is 5.32 Å². The van der Waals surface area contributed by atoms with Gasteiger partial charge in [-0.3, -0.25) is 24.2 Å². The molecule has 2 aliphatic heterocycles. The van der Waals surface area contributed by atoms with Gasteiger partial charge in [0.15, 0.2) is 6.61 Å². The topological polar surface area (TPSA) is 105 Å². The molecule has 2 unspecified atom stereocenters. The number of likely N-dealkylation sites (tertiary alicyclic amines) is 1. The molecule has 0 radical (unpaired) electrons. The zero-order valence-corrected chi connectivity index (χ0v) is 19.7. The van der Waals surface area contributed by atoms with Crippen LogP contribution in [0.25, 0.3) is 0 Å². The van der Waals surface area contributed by atoms with Crippen LogP contribution in [0.1, 0.15) is 64.7 Å². The molecule has 3 atom stereocenters. The number of morpholine rings is 1. The highest BCUT2D eigenvalue weighted by atomic mass is 16.5. The lowest BCUT2D eigenvalue weighted by Crippen LogP contribution is -2.60. The van der Waals surface area contributed by atoms with Crippen molar-refractivity contribution in [3.8, 4) is 0 Å². The predicted molar refractivity (Wildman–Crippen MR) is 119 cm³/mol. The number of fused-ring (bicyclic) bond motifs is 1. The van der Waals surface area contributed by atoms with Crippen LogP contribution in [-0.2, 0) is 28.7 Å². The van der Waals surface area contributed by atoms with E-state index in [-0.39, 0.29) is 35.1 Å². The summed E-state index contributed by atoms with van der Waals surface area (Å²) in [5.41, 5.74) is -0.0698. The molecule has 9 nitrogen and oxygen atoms in total. The summed E-state index contributed by atoms with van der Waals surface area (Å²) in [4.78, 5) is 54.0. The molecule has 184 valence electrons. The van der Waals surface area contributed by atoms with Gasteiger partial charge < -0.3 is 14.8 Å². The van der Waals surface area contributed by atoms with Crippen molar-refractivity contribution >= 4 is 23.7 Å². The number of nitrogens with one attached hydrogen (secondary N) is 1. The Morgan fingerprint density at radius 2 is 1.64 bits per heavy atom. The number of carbonyl (C=O) groups excluding carboxylic acids is 4. The average Bonchev–Trinajstić information content (AvgIpc) is 3.11. The minimum Gasteiger partial charge on any atom is -0.454 e. The Hall–Kier alpha value is -2.00. The van der Waals surface area contributed by atoms with E-state index in [9.17, 15) is 19.2 Å². The Balaban J connectivity index is 1.28. The van der Waals surface area contributed by atoms with Crippen LogP contribution in [0.15, 0.2) is 0 Å². The second-order valence-corrected chi connectivity index (χ2v) is 9.99. The van der Waals surface area contributed by atoms with Gasteiger partial charge >= 0.3 is 5.97 Å². The number of amides is 3. The van der Waals surface area contributed by atoms with Crippen molar-refractivity contribution < 1.29 is 28.7 Å². The summed E-state index contributed by atoms with van der Waals surface area (Å²) in [5, 5.41) is 2.97. The van der Waals surface area contributed by atoms with Gasteiger partial charge in [-0.25, -0.2) is 4.79 Å². The number of esters is 1. The van der Waals surface area contributed by atoms with Crippen molar-refractivity contribution in [2.75, 3.05) is 39.5 Å². The highest BCUT2D eigenvalue weighted by Gasteiger charge is 2.51. The molecule has 33 heavy (non-hydrogen) atoms. The molecule has 0 spiro atoms. The van der Waals surface area contributed by atoms with E-state index >= 15 is 0 Å². The Morgan fingerprint density at radius 3 is 2.24 bits per heavy atom. The average molecular weight is 464 g/mol. The van der Waals surface area contributed by atoms with Crippen molar-refractivity contribution in [3.63, 3.8) is 0 Å². The lowest BCUT2D eigenvalue weighted by atomic mass is 9.79. The van der Waals surface area contributed by atoms with Crippen molar-refractivity contribution in [1.29, 1.82) is 0 Å². The first-order valence-electron chi connectivity index (χ1n) is 12.6. The number of imide groups is 1. The zero-order chi connectivity index (χ0) is 23.4. The number of nitrogens with zero attached hydrogens (tertiary/aromatic N) is 2. The second kappa shape index (κ2) is 10.5. The molecule has 0 bridgehead atoms. The van der Waals surface area contributed by atoms with Gasteiger partial charge in [-0.1, -0.05) is 32.1 Å². The van der Waals surface area contributed by atoms with Crippen molar-refractivity contribution in [2.45, 2.75) is 76.3 Å². The minimum atomic E-state index is -1.01. The van der Waals surface area contributed by atoms with Crippen molar-refractivity contribution in [1.82, 2.24) is 15.1 Å². The van der Waals surface area contributed by atoms with Crippen LogP contribution in [0.3, 0.4) is 0 Å². The summed E-state index contributed by atoms with van der Waals surface area (Å²) in [5.74, 6) is -2.24. The second-order valence-electron chi connectivity index (χ2n) is 9.99. The maximum absolute atomic E-state index is 12.7. The molecule has 0 aromatic heterocycles. The van der Waals surface area contributed by atoms with Crippen LogP contribution in [-0.4, -0.2) is 84.5 Å². The standard InChI is InChI=1S/C24H37N3O6/c1-17(27-21(29)18-7-3-4-8-19(18)22(27)30)23(31)33-15-20(28)25-16-24(9-5-2-6-10-24)26-11-13-32-14-12-26/h17-19H,2-16H2,1H3,(H,25,28)/t17-,18?,19?/m0/s1. The van der Waals surface area contributed by atoms with Crippen LogP contribution in [0, 0.1) is 11.8 Å². The van der Waals surface area contributed by atoms with E-state index in [1.165, 1.54) is 13.3 Å². The van der Waals surface area contributed by atoms with E-state index in [1.54, 1.807) is 0 Å². The number of rotatable bonds is 7. The normalized spacial score (nSPS) is 28.8. The fraction of sp³-hybridized carbons (Fsp3) is 0.833. The first-order valence-corrected chi connectivity index (χ1v) is 12.6. The predicted octanol–water partition coefficient (Wildman–Crippen LogP) is 1.24. The van der Waals surface area contributed by atoms with E-state index < -0.39 is 18.6 Å². The lowest BCUT2D eigenvalue weighted by molar-refractivity contribution is -0.159. The van der Waals surface area contributed by atoms with Crippen molar-refractivity contribution in [2.24, 2.45) is 11.8 Å². The summed E-state index contributed by atoms with van der Waals surface area (Å²) in [6.45, 7) is 4.76. The maximum atomic E-state index is 12.7. The van der Waals surface area contributed by atoms with Crippen LogP contribution in [0.5, 0.6) is 0 Å². The Bertz CT molecular complexity index is 735. The van der Waals surface area contributed by atoms with Gasteiger partial charge in [0.05, 0.1) is 25.0 Å². The summed E-state index contributed by atoms with van der Waals surface area (Å²) in [6.07, 6.45) is 8.81. The summed E-state index contributed by atoms with van der Waals surface area (Å²) < 4.78 is 10.7. The number of hydrogen-bond donors (Lipinski definition) is 1. The van der Waals surface area contributed by atoms with E-state index in [4.69, 9.17) is 9.47 Å². The zero-order valence-electron chi connectivity index (χ0n) is 19.7. The molecule has 2 aliphatic carbocycles. The fourth-order valence-corrected chi connectivity index (χ4v) is 6.10. The number of ether oxygens (including phenoxy) is 2. The third kappa shape index (κ3) is 5.09. The fourth-order valence-electron chi connectivity index (χ4n) is 6.10. The van der Waals surface area contributed by atoms with Gasteiger partial charge in [0.1, 0.15) is 6.04 Å². The summed E-state index contributed by atoms with van der Waals surface area (Å²) >= 11 is 0. The number of hydrogen-bond acceptors (Lipinski definition) is 7. The first-order chi connectivity index (χ1) is 15.9. The van der Waals surface area contributed by atoms with E-state index in [0.717, 1.165) is 56.5 Å². The van der Waals surface area contributed by atoms with Gasteiger partial charge in [-0.15, -0.1) is 0 Å². The van der Waals surface area contributed by atoms with Gasteiger partial charge in [0.25, 0.3) is 5.91 Å². The minimum absolute atomic E-state index is 0.0698. The number of carbonyl (C=O) groups is 4. The van der Waals surface area contributed by atoms with Gasteiger partial charge in [-0.2, -0.15) is 0 Å². The molecule has 2 heterocycles. The molecule has 2 saturated carbocycles. The molecule has 1 N–H and O–H groups in total. The third-order valence-corrected chi connectivity index (χ3v) is 8.03. The molecule has 0 aromatic carbocycles. The van der Waals surface area contributed by atoms with E-state index in [0.29, 0.717) is 32.6 Å². The Labute approximate surface area is 195 Å². The van der Waals surface area contributed by atoms with Crippen LogP contribution >= 0.6 is 0 Å². The maximum Gasteiger partial charge on any atom is 0.329 e. The monoisotopic (exact) mass is 463 g/mol. The molecule has 4 fully saturated rings. The third-order valence-electron chi connectivity index (χ3n) is 8.03. The van der Waals surface area contributed by atoms with Gasteiger partial charge in [0, 0.05) is 25.2 Å². The highest BCUT2D eigenvalue weighted by Crippen LogP contribution is 2.39. The summed E-state index contributed by atoms with van der Waals surface area (Å²) in [7, 11) is 0. The SMILES string of the molecule is C[C@@H](C(=O)OCC(=O)NCC1(N2CCOCC2)CCCCC1)N1C(=O)C2CCCCC2C1=O. The molecule has 4 aliphatic rings.